The van der Waals surface area contributed by atoms with Crippen LogP contribution >= 0.6 is 0 Å². The van der Waals surface area contributed by atoms with Gasteiger partial charge in [-0.25, -0.2) is 0 Å². The SMILES string of the molecule is CCCCCCCC/C=C\CCCCCCCCNC(=O)C(CCCCN[S-])NC(=O)CCCCC(=O)NC(CCCCN[S-])C(=O)NCCCCCCCC/C=C\CCCCCCCC. The quantitative estimate of drug-likeness (QED) is 0.0201. The van der Waals surface area contributed by atoms with E-state index < -0.39 is 12.1 Å². The third-order valence-corrected chi connectivity index (χ3v) is 12.8. The molecule has 386 valence electrons. The molecule has 12 heteroatoms. The maximum Gasteiger partial charge on any atom is 0.242 e. The van der Waals surface area contributed by atoms with Crippen molar-refractivity contribution in [3.63, 3.8) is 0 Å². The Kier molecular flexibility index (Phi) is 50.8. The molecule has 10 nitrogen and oxygen atoms in total. The molecule has 0 fully saturated rings. The molecule has 0 spiro atoms. The van der Waals surface area contributed by atoms with E-state index in [1.54, 1.807) is 0 Å². The van der Waals surface area contributed by atoms with Crippen molar-refractivity contribution in [1.82, 2.24) is 30.7 Å². The molecule has 2 unspecified atom stereocenters. The normalized spacial score (nSPS) is 12.5. The molecule has 66 heavy (non-hydrogen) atoms. The first-order chi connectivity index (χ1) is 32.4. The van der Waals surface area contributed by atoms with Crippen LogP contribution in [0.15, 0.2) is 24.3 Å². The molecule has 0 aliphatic rings. The first-order valence-electron chi connectivity index (χ1n) is 27.5. The molecule has 0 saturated carbocycles. The predicted molar refractivity (Wildman–Crippen MR) is 286 cm³/mol. The number of allylic oxidation sites excluding steroid dienone is 4. The Hall–Kier alpha value is -2.02. The summed E-state index contributed by atoms with van der Waals surface area (Å²) in [5.41, 5.74) is 0. The number of amides is 4. The van der Waals surface area contributed by atoms with Crippen molar-refractivity contribution in [1.29, 1.82) is 0 Å². The van der Waals surface area contributed by atoms with Gasteiger partial charge in [0.05, 0.1) is 0 Å². The van der Waals surface area contributed by atoms with Crippen LogP contribution < -0.4 is 30.7 Å². The molecule has 0 heterocycles. The van der Waals surface area contributed by atoms with Crippen LogP contribution in [0.4, 0.5) is 0 Å². The maximum absolute atomic E-state index is 13.1. The van der Waals surface area contributed by atoms with E-state index in [1.165, 1.54) is 154 Å². The fourth-order valence-corrected chi connectivity index (χ4v) is 8.44. The fraction of sp³-hybridized carbons (Fsp3) is 0.852. The maximum atomic E-state index is 13.1. The third kappa shape index (κ3) is 45.7. The van der Waals surface area contributed by atoms with E-state index in [-0.39, 0.29) is 36.5 Å². The molecule has 0 radical (unpaired) electrons. The Balaban J connectivity index is 4.41. The van der Waals surface area contributed by atoms with Gasteiger partial charge in [0.1, 0.15) is 12.1 Å². The molecule has 0 aromatic rings. The van der Waals surface area contributed by atoms with Crippen molar-refractivity contribution in [2.24, 2.45) is 0 Å². The average molecular weight is 964 g/mol. The minimum absolute atomic E-state index is 0.137. The first kappa shape index (κ1) is 64.0. The van der Waals surface area contributed by atoms with Crippen LogP contribution in [0.5, 0.6) is 0 Å². The van der Waals surface area contributed by atoms with Crippen LogP contribution in [0.3, 0.4) is 0 Å². The van der Waals surface area contributed by atoms with Gasteiger partial charge in [0.15, 0.2) is 0 Å². The molecular formula is C54H102N6O4S2-2. The summed E-state index contributed by atoms with van der Waals surface area (Å²) in [5, 5.41) is 12.0. The van der Waals surface area contributed by atoms with Crippen LogP contribution in [0, 0.1) is 0 Å². The second kappa shape index (κ2) is 52.4. The molecule has 0 aliphatic carbocycles. The zero-order valence-electron chi connectivity index (χ0n) is 42.6. The van der Waals surface area contributed by atoms with Gasteiger partial charge in [0, 0.05) is 25.9 Å². The molecule has 4 amide bonds. The lowest BCUT2D eigenvalue weighted by Gasteiger charge is -2.20. The molecule has 0 rings (SSSR count). The van der Waals surface area contributed by atoms with Crippen LogP contribution in [0.2, 0.25) is 0 Å². The summed E-state index contributed by atoms with van der Waals surface area (Å²) in [5.74, 6) is -0.648. The highest BCUT2D eigenvalue weighted by Crippen LogP contribution is 2.13. The second-order valence-electron chi connectivity index (χ2n) is 18.7. The standard InChI is InChI=1S/C54H102N6O4S2/c1-3-5-7-9-11-13-15-17-19-21-23-25-27-29-31-37-45-55-53(63)49(41-35-39-47-57-65)59-51(61)43-33-34-44-52(62)60-50(42-36-40-48-58-66)54(64)56-46-38-32-30-28-26-24-22-20-18-16-14-12-10-8-6-4-2/h17-20,49-50,57-58H,3-16,21-48H2,1-2H3,(H,55,63)(H,56,64)(H,59,61)(H,60,62)/q-2/b19-17-,20-18-. The number of nitrogens with one attached hydrogen (secondary N) is 6. The number of hydrogen-bond donors (Lipinski definition) is 6. The summed E-state index contributed by atoms with van der Waals surface area (Å²) in [6.45, 7) is 7.11. The smallest absolute Gasteiger partial charge is 0.242 e. The van der Waals surface area contributed by atoms with E-state index in [1.807, 2.05) is 0 Å². The Morgan fingerprint density at radius 2 is 0.652 bits per heavy atom. The van der Waals surface area contributed by atoms with E-state index in [9.17, 15) is 19.2 Å². The lowest BCUT2D eigenvalue weighted by Crippen LogP contribution is -2.47. The zero-order chi connectivity index (χ0) is 48.2. The summed E-state index contributed by atoms with van der Waals surface area (Å²) in [6, 6.07) is -1.18. The van der Waals surface area contributed by atoms with Crippen molar-refractivity contribution < 1.29 is 19.2 Å². The van der Waals surface area contributed by atoms with E-state index in [0.717, 1.165) is 51.4 Å². The number of carbonyl (C=O) groups excluding carboxylic acids is 4. The fourth-order valence-electron chi connectivity index (χ4n) is 8.15. The Labute approximate surface area is 417 Å². The Bertz CT molecular complexity index is 1090. The molecular weight excluding hydrogens is 861 g/mol. The number of rotatable bonds is 51. The monoisotopic (exact) mass is 963 g/mol. The molecule has 0 aromatic carbocycles. The van der Waals surface area contributed by atoms with Gasteiger partial charge >= 0.3 is 0 Å². The summed E-state index contributed by atoms with van der Waals surface area (Å²) >= 11 is 9.70. The minimum Gasteiger partial charge on any atom is -0.705 e. The summed E-state index contributed by atoms with van der Waals surface area (Å²) < 4.78 is 5.47. The molecule has 0 saturated heterocycles. The van der Waals surface area contributed by atoms with Crippen molar-refractivity contribution >= 4 is 49.3 Å². The highest BCUT2D eigenvalue weighted by atomic mass is 32.1. The van der Waals surface area contributed by atoms with Crippen molar-refractivity contribution in [3.8, 4) is 0 Å². The molecule has 2 atom stereocenters. The molecule has 0 aliphatic heterocycles. The van der Waals surface area contributed by atoms with Crippen LogP contribution in [0.1, 0.15) is 258 Å². The van der Waals surface area contributed by atoms with Crippen molar-refractivity contribution in [2.45, 2.75) is 270 Å². The van der Waals surface area contributed by atoms with Crippen LogP contribution in [0.25, 0.3) is 0 Å². The highest BCUT2D eigenvalue weighted by molar-refractivity contribution is 7.56. The van der Waals surface area contributed by atoms with Crippen molar-refractivity contribution in [3.05, 3.63) is 24.3 Å². The van der Waals surface area contributed by atoms with Crippen molar-refractivity contribution in [2.75, 3.05) is 26.2 Å². The van der Waals surface area contributed by atoms with Gasteiger partial charge in [-0.2, -0.15) is 0 Å². The van der Waals surface area contributed by atoms with E-state index in [4.69, 9.17) is 25.6 Å². The highest BCUT2D eigenvalue weighted by Gasteiger charge is 2.22. The van der Waals surface area contributed by atoms with Gasteiger partial charge in [-0.3, -0.25) is 19.2 Å². The number of unbranched alkanes of at least 4 members (excludes halogenated alkanes) is 27. The summed E-state index contributed by atoms with van der Waals surface area (Å²) in [7, 11) is 0. The van der Waals surface area contributed by atoms with E-state index in [0.29, 0.717) is 51.9 Å². The Morgan fingerprint density at radius 1 is 0.364 bits per heavy atom. The van der Waals surface area contributed by atoms with Crippen LogP contribution in [-0.2, 0) is 44.8 Å². The van der Waals surface area contributed by atoms with Gasteiger partial charge in [0.2, 0.25) is 23.6 Å². The largest absolute Gasteiger partial charge is 0.705 e. The lowest BCUT2D eigenvalue weighted by molar-refractivity contribution is -0.129. The number of hydrogen-bond acceptors (Lipinski definition) is 8. The summed E-state index contributed by atoms with van der Waals surface area (Å²) in [6.07, 6.45) is 50.0. The summed E-state index contributed by atoms with van der Waals surface area (Å²) in [4.78, 5) is 52.2. The van der Waals surface area contributed by atoms with Crippen LogP contribution in [-0.4, -0.2) is 61.9 Å². The van der Waals surface area contributed by atoms with Gasteiger partial charge in [-0.15, -0.1) is 0 Å². The molecule has 6 N–H and O–H groups in total. The topological polar surface area (TPSA) is 140 Å². The third-order valence-electron chi connectivity index (χ3n) is 12.4. The number of carbonyl (C=O) groups is 4. The van der Waals surface area contributed by atoms with Gasteiger partial charge in [0.25, 0.3) is 0 Å². The zero-order valence-corrected chi connectivity index (χ0v) is 44.2. The average Bonchev–Trinajstić information content (AvgIpc) is 3.31. The second-order valence-corrected chi connectivity index (χ2v) is 19.3. The van der Waals surface area contributed by atoms with Gasteiger partial charge in [-0.05, 0) is 129 Å². The molecule has 0 aromatic heterocycles. The minimum atomic E-state index is -0.591. The van der Waals surface area contributed by atoms with Gasteiger partial charge in [-0.1, -0.05) is 154 Å². The Morgan fingerprint density at radius 3 is 0.970 bits per heavy atom. The van der Waals surface area contributed by atoms with E-state index in [2.05, 4.69) is 68.9 Å². The van der Waals surface area contributed by atoms with Gasteiger partial charge < -0.3 is 56.3 Å². The first-order valence-corrected chi connectivity index (χ1v) is 28.3. The predicted octanol–water partition coefficient (Wildman–Crippen LogP) is 12.3. The lowest BCUT2D eigenvalue weighted by atomic mass is 10.1. The molecule has 0 bridgehead atoms. The van der Waals surface area contributed by atoms with E-state index >= 15 is 0 Å².